The van der Waals surface area contributed by atoms with Gasteiger partial charge in [0.05, 0.1) is 30.3 Å². The van der Waals surface area contributed by atoms with E-state index in [4.69, 9.17) is 9.15 Å². The van der Waals surface area contributed by atoms with Crippen molar-refractivity contribution in [1.82, 2.24) is 0 Å². The molecule has 0 saturated carbocycles. The Balaban J connectivity index is 2.10. The first kappa shape index (κ1) is 36.0. The summed E-state index contributed by atoms with van der Waals surface area (Å²) >= 11 is 0. The monoisotopic (exact) mass is 590 g/mol. The zero-order valence-electron chi connectivity index (χ0n) is 26.5. The minimum atomic E-state index is -1.48. The first-order chi connectivity index (χ1) is 19.7. The average Bonchev–Trinajstić information content (AvgIpc) is 2.91. The van der Waals surface area contributed by atoms with Crippen LogP contribution < -0.4 is 5.63 Å². The molecule has 2 rings (SSSR count). The predicted molar refractivity (Wildman–Crippen MR) is 165 cm³/mol. The van der Waals surface area contributed by atoms with Crippen molar-refractivity contribution in [2.75, 3.05) is 6.61 Å². The van der Waals surface area contributed by atoms with Crippen molar-refractivity contribution in [1.29, 1.82) is 0 Å². The molecule has 2 heterocycles. The normalized spacial score (nSPS) is 24.6. The van der Waals surface area contributed by atoms with E-state index >= 15 is 0 Å². The highest BCUT2D eigenvalue weighted by Crippen LogP contribution is 2.37. The summed E-state index contributed by atoms with van der Waals surface area (Å²) in [6, 6.07) is 1.22. The lowest BCUT2D eigenvalue weighted by atomic mass is 9.82. The Morgan fingerprint density at radius 2 is 1.83 bits per heavy atom. The van der Waals surface area contributed by atoms with Gasteiger partial charge in [-0.2, -0.15) is 0 Å². The summed E-state index contributed by atoms with van der Waals surface area (Å²) in [7, 11) is 0. The van der Waals surface area contributed by atoms with Crippen LogP contribution >= 0.6 is 0 Å². The molecule has 0 aliphatic carbocycles. The van der Waals surface area contributed by atoms with Crippen molar-refractivity contribution in [2.45, 2.75) is 129 Å². The molecule has 8 nitrogen and oxygen atoms in total. The largest absolute Gasteiger partial charge is 0.507 e. The SMILES string of the molecule is CCCCCCC(C)C/C(C)=C\C(C)/C=C(C)/C=C/C(O)C(C)(C)c1cc(O)c([C@H]2O[C@@H](CO)C[C@@H](O)[C@@H]2O)c(=O)o1. The van der Waals surface area contributed by atoms with Gasteiger partial charge in [-0.25, -0.2) is 4.79 Å². The number of rotatable bonds is 15. The lowest BCUT2D eigenvalue weighted by molar-refractivity contribution is -0.180. The van der Waals surface area contributed by atoms with E-state index in [0.29, 0.717) is 5.92 Å². The maximum atomic E-state index is 12.9. The summed E-state index contributed by atoms with van der Waals surface area (Å²) in [6.45, 7) is 13.8. The predicted octanol–water partition coefficient (Wildman–Crippen LogP) is 5.61. The van der Waals surface area contributed by atoms with Crippen LogP contribution in [0.4, 0.5) is 0 Å². The van der Waals surface area contributed by atoms with Gasteiger partial charge in [-0.15, -0.1) is 0 Å². The molecule has 1 aromatic rings. The van der Waals surface area contributed by atoms with Crippen LogP contribution in [0.5, 0.6) is 5.75 Å². The molecule has 5 N–H and O–H groups in total. The quantitative estimate of drug-likeness (QED) is 0.101. The Bertz CT molecular complexity index is 1130. The van der Waals surface area contributed by atoms with Crippen LogP contribution in [0.15, 0.2) is 50.7 Å². The summed E-state index contributed by atoms with van der Waals surface area (Å²) in [4.78, 5) is 12.9. The average molecular weight is 591 g/mol. The Morgan fingerprint density at radius 3 is 2.45 bits per heavy atom. The van der Waals surface area contributed by atoms with Crippen molar-refractivity contribution in [2.24, 2.45) is 11.8 Å². The first-order valence-electron chi connectivity index (χ1n) is 15.4. The van der Waals surface area contributed by atoms with Crippen LogP contribution in [-0.2, 0) is 10.2 Å². The highest BCUT2D eigenvalue weighted by Gasteiger charge is 2.41. The van der Waals surface area contributed by atoms with Gasteiger partial charge in [0.2, 0.25) is 0 Å². The molecule has 0 amide bonds. The van der Waals surface area contributed by atoms with E-state index < -0.39 is 53.9 Å². The van der Waals surface area contributed by atoms with Crippen molar-refractivity contribution in [3.8, 4) is 5.75 Å². The maximum Gasteiger partial charge on any atom is 0.345 e. The fraction of sp³-hybridized carbons (Fsp3) is 0.676. The molecule has 1 aliphatic heterocycles. The van der Waals surface area contributed by atoms with Gasteiger partial charge < -0.3 is 34.7 Å². The van der Waals surface area contributed by atoms with Crippen molar-refractivity contribution in [3.63, 3.8) is 0 Å². The number of unbranched alkanes of at least 4 members (excludes halogenated alkanes) is 3. The topological polar surface area (TPSA) is 141 Å². The molecular formula is C34H54O8. The van der Waals surface area contributed by atoms with Crippen molar-refractivity contribution in [3.05, 3.63) is 63.3 Å². The Morgan fingerprint density at radius 1 is 1.14 bits per heavy atom. The van der Waals surface area contributed by atoms with E-state index in [1.807, 2.05) is 13.0 Å². The summed E-state index contributed by atoms with van der Waals surface area (Å²) in [6.07, 6.45) is 9.45. The molecule has 1 aliphatic rings. The standard InChI is InChI=1S/C34H54O8/c1-8-9-10-11-12-21(2)15-23(4)17-24(5)16-22(3)13-14-28(38)34(6,7)29-19-26(36)30(33(40)42-29)32-31(39)27(37)18-25(20-35)41-32/h13-14,16-17,19,21,24-25,27-28,31-32,35-39H,8-12,15,18,20H2,1-7H3/b14-13+,22-16+,23-17-/t21?,24?,25-,27-,28?,31+,32-/m1/s1. The molecular weight excluding hydrogens is 536 g/mol. The second-order valence-corrected chi connectivity index (χ2v) is 12.8. The highest BCUT2D eigenvalue weighted by molar-refractivity contribution is 5.36. The molecule has 3 unspecified atom stereocenters. The summed E-state index contributed by atoms with van der Waals surface area (Å²) in [5, 5.41) is 51.7. The summed E-state index contributed by atoms with van der Waals surface area (Å²) < 4.78 is 11.0. The second kappa shape index (κ2) is 16.6. The Labute approximate surface area is 251 Å². The third-order valence-electron chi connectivity index (χ3n) is 8.21. The number of hydrogen-bond donors (Lipinski definition) is 5. The van der Waals surface area contributed by atoms with E-state index in [2.05, 4.69) is 39.8 Å². The zero-order valence-corrected chi connectivity index (χ0v) is 26.5. The number of aliphatic hydroxyl groups excluding tert-OH is 4. The van der Waals surface area contributed by atoms with Gasteiger partial charge in [-0.3, -0.25) is 0 Å². The van der Waals surface area contributed by atoms with Gasteiger partial charge in [-0.05, 0) is 46.0 Å². The second-order valence-electron chi connectivity index (χ2n) is 12.8. The van der Waals surface area contributed by atoms with Crippen molar-refractivity contribution >= 4 is 0 Å². The van der Waals surface area contributed by atoms with Crippen LogP contribution in [0.25, 0.3) is 0 Å². The number of ether oxygens (including phenoxy) is 1. The Hall–Kier alpha value is -2.23. The van der Waals surface area contributed by atoms with Crippen LogP contribution in [0.1, 0.15) is 111 Å². The Kier molecular flexibility index (Phi) is 14.2. The molecule has 0 bridgehead atoms. The van der Waals surface area contributed by atoms with Crippen molar-refractivity contribution < 1.29 is 34.7 Å². The lowest BCUT2D eigenvalue weighted by Crippen LogP contribution is -2.46. The zero-order chi connectivity index (χ0) is 31.6. The van der Waals surface area contributed by atoms with E-state index in [-0.39, 0.29) is 23.7 Å². The minimum Gasteiger partial charge on any atom is -0.507 e. The molecule has 7 atom stereocenters. The van der Waals surface area contributed by atoms with Crippen LogP contribution in [0, 0.1) is 11.8 Å². The third kappa shape index (κ3) is 10.2. The van der Waals surface area contributed by atoms with E-state index in [1.165, 1.54) is 43.7 Å². The van der Waals surface area contributed by atoms with Crippen LogP contribution in [0.3, 0.4) is 0 Å². The fourth-order valence-corrected chi connectivity index (χ4v) is 5.62. The van der Waals surface area contributed by atoms with E-state index in [0.717, 1.165) is 12.0 Å². The molecule has 42 heavy (non-hydrogen) atoms. The molecule has 8 heteroatoms. The maximum absolute atomic E-state index is 12.9. The molecule has 0 spiro atoms. The molecule has 238 valence electrons. The number of aromatic hydroxyl groups is 1. The van der Waals surface area contributed by atoms with Crippen LogP contribution in [0.2, 0.25) is 0 Å². The number of aliphatic hydroxyl groups is 4. The van der Waals surface area contributed by atoms with Gasteiger partial charge in [0.15, 0.2) is 0 Å². The van der Waals surface area contributed by atoms with Crippen LogP contribution in [-0.4, -0.2) is 56.6 Å². The van der Waals surface area contributed by atoms with E-state index in [9.17, 15) is 30.3 Å². The number of allylic oxidation sites excluding steroid dienone is 5. The molecule has 0 radical (unpaired) electrons. The van der Waals surface area contributed by atoms with Gasteiger partial charge >= 0.3 is 5.63 Å². The first-order valence-corrected chi connectivity index (χ1v) is 15.4. The molecule has 1 fully saturated rings. The summed E-state index contributed by atoms with van der Waals surface area (Å²) in [5.74, 6) is 0.469. The lowest BCUT2D eigenvalue weighted by Gasteiger charge is -2.36. The fourth-order valence-electron chi connectivity index (χ4n) is 5.62. The van der Waals surface area contributed by atoms with Gasteiger partial charge in [-0.1, -0.05) is 88.3 Å². The van der Waals surface area contributed by atoms with Gasteiger partial charge in [0, 0.05) is 12.5 Å². The molecule has 1 aromatic heterocycles. The summed E-state index contributed by atoms with van der Waals surface area (Å²) in [5.41, 5.74) is -0.0159. The smallest absolute Gasteiger partial charge is 0.345 e. The molecule has 1 saturated heterocycles. The highest BCUT2D eigenvalue weighted by atomic mass is 16.5. The third-order valence-corrected chi connectivity index (χ3v) is 8.21. The molecule has 0 aromatic carbocycles. The van der Waals surface area contributed by atoms with Gasteiger partial charge in [0.25, 0.3) is 0 Å². The van der Waals surface area contributed by atoms with E-state index in [1.54, 1.807) is 19.9 Å². The number of hydrogen-bond acceptors (Lipinski definition) is 8. The minimum absolute atomic E-state index is 0.00909. The van der Waals surface area contributed by atoms with Gasteiger partial charge in [0.1, 0.15) is 29.3 Å².